The summed E-state index contributed by atoms with van der Waals surface area (Å²) in [6.07, 6.45) is 0. The van der Waals surface area contributed by atoms with Crippen LogP contribution in [0, 0.1) is 0 Å². The molecule has 0 unspecified atom stereocenters. The van der Waals surface area contributed by atoms with Gasteiger partial charge in [0, 0.05) is 5.87 Å². The number of ether oxygens (including phenoxy) is 2. The van der Waals surface area contributed by atoms with Gasteiger partial charge >= 0.3 is 0 Å². The molecule has 0 N–H and O–H groups in total. The summed E-state index contributed by atoms with van der Waals surface area (Å²) in [5.41, 5.74) is -0.144. The van der Waals surface area contributed by atoms with Crippen LogP contribution in [0.15, 0.2) is 29.2 Å². The van der Waals surface area contributed by atoms with Crippen molar-refractivity contribution in [2.75, 3.05) is 24.7 Å². The SMILES string of the molecule is C=[S+]1(c2ccc(OC(C)(C)C)cc2)CCOCC1. The first-order valence-electron chi connectivity index (χ1n) is 6.38. The van der Waals surface area contributed by atoms with Gasteiger partial charge in [-0.3, -0.25) is 0 Å². The summed E-state index contributed by atoms with van der Waals surface area (Å²) < 4.78 is 11.3. The molecule has 18 heavy (non-hydrogen) atoms. The molecule has 0 aromatic heterocycles. The summed E-state index contributed by atoms with van der Waals surface area (Å²) in [6.45, 7) is 7.88. The van der Waals surface area contributed by atoms with Crippen LogP contribution >= 0.6 is 0 Å². The van der Waals surface area contributed by atoms with Gasteiger partial charge in [-0.15, -0.1) is 0 Å². The Morgan fingerprint density at radius 3 is 2.17 bits per heavy atom. The third-order valence-corrected chi connectivity index (χ3v) is 6.15. The van der Waals surface area contributed by atoms with Crippen LogP contribution in [0.3, 0.4) is 0 Å². The second-order valence-electron chi connectivity index (χ2n) is 5.75. The van der Waals surface area contributed by atoms with E-state index in [-0.39, 0.29) is 5.60 Å². The molecule has 0 atom stereocenters. The van der Waals surface area contributed by atoms with Crippen molar-refractivity contribution >= 4 is 15.5 Å². The molecule has 1 aliphatic rings. The molecule has 100 valence electrons. The predicted molar refractivity (Wildman–Crippen MR) is 80.1 cm³/mol. The van der Waals surface area contributed by atoms with Crippen molar-refractivity contribution < 1.29 is 9.47 Å². The maximum atomic E-state index is 5.84. The van der Waals surface area contributed by atoms with Crippen molar-refractivity contribution in [3.63, 3.8) is 0 Å². The molecule has 1 saturated heterocycles. The average molecular weight is 267 g/mol. The lowest BCUT2D eigenvalue weighted by molar-refractivity contribution is 0.131. The van der Waals surface area contributed by atoms with Crippen molar-refractivity contribution in [3.05, 3.63) is 24.3 Å². The van der Waals surface area contributed by atoms with Crippen LogP contribution in [-0.4, -0.2) is 36.2 Å². The van der Waals surface area contributed by atoms with E-state index in [0.29, 0.717) is 0 Å². The summed E-state index contributed by atoms with van der Waals surface area (Å²) in [7, 11) is -0.910. The molecule has 1 heterocycles. The Kier molecular flexibility index (Phi) is 3.83. The van der Waals surface area contributed by atoms with E-state index in [9.17, 15) is 0 Å². The summed E-state index contributed by atoms with van der Waals surface area (Å²) in [6, 6.07) is 8.48. The third kappa shape index (κ3) is 3.36. The summed E-state index contributed by atoms with van der Waals surface area (Å²) in [4.78, 5) is 1.37. The Labute approximate surface area is 111 Å². The van der Waals surface area contributed by atoms with E-state index >= 15 is 0 Å². The second-order valence-corrected chi connectivity index (χ2v) is 9.13. The van der Waals surface area contributed by atoms with Crippen LogP contribution < -0.4 is 4.74 Å². The van der Waals surface area contributed by atoms with E-state index in [2.05, 4.69) is 50.9 Å². The van der Waals surface area contributed by atoms with Crippen LogP contribution in [0.25, 0.3) is 0 Å². The lowest BCUT2D eigenvalue weighted by Crippen LogP contribution is -2.32. The largest absolute Gasteiger partial charge is 0.488 e. The molecular formula is C15H23O2S+. The summed E-state index contributed by atoms with van der Waals surface area (Å²) >= 11 is 0. The quantitative estimate of drug-likeness (QED) is 0.606. The third-order valence-electron chi connectivity index (χ3n) is 2.98. The molecule has 0 aliphatic carbocycles. The van der Waals surface area contributed by atoms with Gasteiger partial charge in [0.25, 0.3) is 0 Å². The Bertz CT molecular complexity index is 433. The van der Waals surface area contributed by atoms with Crippen LogP contribution in [0.2, 0.25) is 0 Å². The van der Waals surface area contributed by atoms with E-state index in [4.69, 9.17) is 9.47 Å². The lowest BCUT2D eigenvalue weighted by atomic mass is 10.2. The first-order chi connectivity index (χ1) is 8.39. The minimum absolute atomic E-state index is 0.144. The van der Waals surface area contributed by atoms with Crippen molar-refractivity contribution in [1.29, 1.82) is 0 Å². The molecule has 1 aliphatic heterocycles. The van der Waals surface area contributed by atoms with E-state index in [0.717, 1.165) is 30.5 Å². The molecule has 0 amide bonds. The fraction of sp³-hybridized carbons (Fsp3) is 0.533. The lowest BCUT2D eigenvalue weighted by Gasteiger charge is -2.25. The smallest absolute Gasteiger partial charge is 0.120 e. The first kappa shape index (κ1) is 13.6. The molecule has 1 aromatic carbocycles. The number of rotatable bonds is 2. The van der Waals surface area contributed by atoms with Gasteiger partial charge in [-0.05, 0) is 45.0 Å². The van der Waals surface area contributed by atoms with Gasteiger partial charge in [0.05, 0.1) is 13.2 Å². The number of hydrogen-bond acceptors (Lipinski definition) is 2. The Hall–Kier alpha value is -0.800. The molecule has 0 spiro atoms. The van der Waals surface area contributed by atoms with Crippen LogP contribution in [0.5, 0.6) is 5.75 Å². The minimum atomic E-state index is -0.910. The fourth-order valence-electron chi connectivity index (χ4n) is 2.03. The van der Waals surface area contributed by atoms with Crippen molar-refractivity contribution in [2.45, 2.75) is 31.3 Å². The first-order valence-corrected chi connectivity index (χ1v) is 8.52. The normalized spacial score (nSPS) is 19.5. The number of hydrogen-bond donors (Lipinski definition) is 0. The maximum Gasteiger partial charge on any atom is 0.120 e. The Morgan fingerprint density at radius 2 is 1.67 bits per heavy atom. The number of benzene rings is 1. The van der Waals surface area contributed by atoms with E-state index in [1.165, 1.54) is 4.90 Å². The summed E-state index contributed by atoms with van der Waals surface area (Å²) in [5.74, 6) is 7.55. The van der Waals surface area contributed by atoms with Gasteiger partial charge in [0.1, 0.15) is 27.8 Å². The van der Waals surface area contributed by atoms with Crippen LogP contribution in [0.1, 0.15) is 20.8 Å². The average Bonchev–Trinajstić information content (AvgIpc) is 2.28. The van der Waals surface area contributed by atoms with E-state index in [1.54, 1.807) is 0 Å². The van der Waals surface area contributed by atoms with E-state index < -0.39 is 9.62 Å². The van der Waals surface area contributed by atoms with Crippen molar-refractivity contribution in [1.82, 2.24) is 0 Å². The van der Waals surface area contributed by atoms with Gasteiger partial charge in [-0.1, -0.05) is 9.62 Å². The topological polar surface area (TPSA) is 18.5 Å². The molecule has 1 aromatic rings. The highest BCUT2D eigenvalue weighted by atomic mass is 32.2. The van der Waals surface area contributed by atoms with Crippen molar-refractivity contribution in [3.8, 4) is 5.75 Å². The van der Waals surface area contributed by atoms with Gasteiger partial charge in [-0.25, -0.2) is 0 Å². The predicted octanol–water partition coefficient (Wildman–Crippen LogP) is 2.84. The molecule has 2 rings (SSSR count). The van der Waals surface area contributed by atoms with Gasteiger partial charge in [-0.2, -0.15) is 0 Å². The van der Waals surface area contributed by atoms with Gasteiger partial charge < -0.3 is 9.47 Å². The highest BCUT2D eigenvalue weighted by molar-refractivity contribution is 8.11. The summed E-state index contributed by atoms with van der Waals surface area (Å²) in [5, 5.41) is 0. The fourth-order valence-corrected chi connectivity index (χ4v) is 4.29. The van der Waals surface area contributed by atoms with Gasteiger partial charge in [0.15, 0.2) is 0 Å². The molecule has 2 nitrogen and oxygen atoms in total. The molecule has 0 bridgehead atoms. The zero-order chi connectivity index (χ0) is 13.2. The highest BCUT2D eigenvalue weighted by Crippen LogP contribution is 2.26. The Morgan fingerprint density at radius 1 is 1.11 bits per heavy atom. The standard InChI is InChI=1S/C15H23O2S/c1-15(2,3)17-13-5-7-14(8-6-13)18(4)11-9-16-10-12-18/h5-8H,4,9-12H2,1-3H3/q+1. The molecule has 1 fully saturated rings. The van der Waals surface area contributed by atoms with Crippen LogP contribution in [-0.2, 0) is 14.4 Å². The van der Waals surface area contributed by atoms with Crippen molar-refractivity contribution in [2.24, 2.45) is 0 Å². The second kappa shape index (κ2) is 5.06. The molecule has 3 heteroatoms. The molecule has 0 saturated carbocycles. The van der Waals surface area contributed by atoms with Crippen LogP contribution in [0.4, 0.5) is 0 Å². The van der Waals surface area contributed by atoms with E-state index in [1.807, 2.05) is 0 Å². The maximum absolute atomic E-state index is 5.84. The molecular weight excluding hydrogens is 244 g/mol. The zero-order valence-electron chi connectivity index (χ0n) is 11.6. The monoisotopic (exact) mass is 267 g/mol. The minimum Gasteiger partial charge on any atom is -0.488 e. The zero-order valence-corrected chi connectivity index (χ0v) is 12.4. The Balaban J connectivity index is 2.14. The molecule has 0 radical (unpaired) electrons. The highest BCUT2D eigenvalue weighted by Gasteiger charge is 2.26. The van der Waals surface area contributed by atoms with Gasteiger partial charge in [0.2, 0.25) is 0 Å².